The minimum Gasteiger partial charge on any atom is -0.344 e. The van der Waals surface area contributed by atoms with E-state index in [0.29, 0.717) is 45.4 Å². The first-order valence-electron chi connectivity index (χ1n) is 8.94. The maximum atomic E-state index is 12.5. The minimum atomic E-state index is -0.387. The van der Waals surface area contributed by atoms with Crippen LogP contribution in [0.25, 0.3) is 0 Å². The molecule has 1 atom stereocenters. The van der Waals surface area contributed by atoms with Crippen LogP contribution in [-0.4, -0.2) is 59.7 Å². The predicted molar refractivity (Wildman–Crippen MR) is 93.8 cm³/mol. The highest BCUT2D eigenvalue weighted by Crippen LogP contribution is 2.13. The van der Waals surface area contributed by atoms with Crippen LogP contribution in [-0.2, 0) is 20.8 Å². The second-order valence-electron chi connectivity index (χ2n) is 6.88. The predicted octanol–water partition coefficient (Wildman–Crippen LogP) is 0.877. The molecule has 0 bridgehead atoms. The molecule has 134 valence electrons. The van der Waals surface area contributed by atoms with E-state index in [2.05, 4.69) is 5.32 Å². The van der Waals surface area contributed by atoms with E-state index in [-0.39, 0.29) is 23.8 Å². The van der Waals surface area contributed by atoms with E-state index >= 15 is 0 Å². The molecule has 0 aromatic heterocycles. The number of rotatable bonds is 3. The zero-order valence-corrected chi connectivity index (χ0v) is 14.7. The van der Waals surface area contributed by atoms with E-state index in [1.165, 1.54) is 5.56 Å². The summed E-state index contributed by atoms with van der Waals surface area (Å²) in [6.45, 7) is 4.42. The Morgan fingerprint density at radius 2 is 1.76 bits per heavy atom. The fraction of sp³-hybridized carbons (Fsp3) is 0.526. The van der Waals surface area contributed by atoms with Gasteiger partial charge in [0, 0.05) is 32.6 Å². The van der Waals surface area contributed by atoms with E-state index in [1.54, 1.807) is 4.90 Å². The third-order valence-electron chi connectivity index (χ3n) is 4.93. The molecule has 2 heterocycles. The van der Waals surface area contributed by atoms with Gasteiger partial charge in [0.05, 0.1) is 6.42 Å². The van der Waals surface area contributed by atoms with Crippen LogP contribution in [0.3, 0.4) is 0 Å². The highest BCUT2D eigenvalue weighted by atomic mass is 16.2. The lowest BCUT2D eigenvalue weighted by Gasteiger charge is -2.24. The van der Waals surface area contributed by atoms with E-state index in [4.69, 9.17) is 0 Å². The third-order valence-corrected chi connectivity index (χ3v) is 4.93. The number of nitrogens with one attached hydrogen (secondary N) is 1. The third kappa shape index (κ3) is 4.38. The van der Waals surface area contributed by atoms with Gasteiger partial charge in [-0.1, -0.05) is 29.8 Å². The van der Waals surface area contributed by atoms with Gasteiger partial charge in [0.2, 0.25) is 17.7 Å². The number of nitrogens with zero attached hydrogens (tertiary/aromatic N) is 2. The molecule has 2 aliphatic heterocycles. The van der Waals surface area contributed by atoms with Gasteiger partial charge < -0.3 is 15.1 Å². The first kappa shape index (κ1) is 17.5. The van der Waals surface area contributed by atoms with E-state index in [0.717, 1.165) is 12.0 Å². The number of amides is 3. The monoisotopic (exact) mass is 343 g/mol. The molecule has 1 aromatic carbocycles. The summed E-state index contributed by atoms with van der Waals surface area (Å²) in [6.07, 6.45) is 2.16. The second kappa shape index (κ2) is 7.68. The average molecular weight is 343 g/mol. The van der Waals surface area contributed by atoms with Gasteiger partial charge in [-0.25, -0.2) is 0 Å². The average Bonchev–Trinajstić information content (AvgIpc) is 2.89. The van der Waals surface area contributed by atoms with E-state index < -0.39 is 0 Å². The molecule has 6 heteroatoms. The molecule has 2 saturated heterocycles. The summed E-state index contributed by atoms with van der Waals surface area (Å²) < 4.78 is 0. The fourth-order valence-electron chi connectivity index (χ4n) is 3.40. The van der Waals surface area contributed by atoms with Crippen molar-refractivity contribution in [2.75, 3.05) is 26.2 Å². The summed E-state index contributed by atoms with van der Waals surface area (Å²) in [5.41, 5.74) is 2.19. The van der Waals surface area contributed by atoms with Crippen molar-refractivity contribution in [2.24, 2.45) is 0 Å². The van der Waals surface area contributed by atoms with Crippen molar-refractivity contribution in [2.45, 2.75) is 38.6 Å². The normalized spacial score (nSPS) is 21.0. The fourth-order valence-corrected chi connectivity index (χ4v) is 3.40. The summed E-state index contributed by atoms with van der Waals surface area (Å²) in [5, 5.41) is 2.73. The number of carbonyl (C=O) groups is 3. The van der Waals surface area contributed by atoms with Crippen LogP contribution in [0.4, 0.5) is 0 Å². The molecule has 3 rings (SSSR count). The van der Waals surface area contributed by atoms with Crippen LogP contribution in [0.2, 0.25) is 0 Å². The van der Waals surface area contributed by atoms with Crippen LogP contribution in [0.15, 0.2) is 24.3 Å². The van der Waals surface area contributed by atoms with Gasteiger partial charge in [-0.15, -0.1) is 0 Å². The second-order valence-corrected chi connectivity index (χ2v) is 6.88. The van der Waals surface area contributed by atoms with Gasteiger partial charge in [-0.3, -0.25) is 14.4 Å². The van der Waals surface area contributed by atoms with Crippen LogP contribution >= 0.6 is 0 Å². The molecule has 6 nitrogen and oxygen atoms in total. The molecule has 1 unspecified atom stereocenters. The Bertz CT molecular complexity index is 656. The van der Waals surface area contributed by atoms with Crippen molar-refractivity contribution in [1.29, 1.82) is 0 Å². The Balaban J connectivity index is 1.54. The Morgan fingerprint density at radius 3 is 2.44 bits per heavy atom. The molecule has 3 amide bonds. The number of hydrogen-bond acceptors (Lipinski definition) is 3. The Labute approximate surface area is 148 Å². The summed E-state index contributed by atoms with van der Waals surface area (Å²) in [7, 11) is 0. The maximum Gasteiger partial charge on any atom is 0.245 e. The zero-order valence-electron chi connectivity index (χ0n) is 14.7. The largest absolute Gasteiger partial charge is 0.344 e. The summed E-state index contributed by atoms with van der Waals surface area (Å²) >= 11 is 0. The Kier molecular flexibility index (Phi) is 5.36. The molecular formula is C19H25N3O3. The van der Waals surface area contributed by atoms with Gasteiger partial charge in [0.15, 0.2) is 0 Å². The quantitative estimate of drug-likeness (QED) is 0.886. The topological polar surface area (TPSA) is 69.7 Å². The highest BCUT2D eigenvalue weighted by Gasteiger charge is 2.31. The molecule has 25 heavy (non-hydrogen) atoms. The van der Waals surface area contributed by atoms with Gasteiger partial charge >= 0.3 is 0 Å². The lowest BCUT2D eigenvalue weighted by molar-refractivity contribution is -0.135. The molecular weight excluding hydrogens is 318 g/mol. The van der Waals surface area contributed by atoms with Crippen molar-refractivity contribution in [1.82, 2.24) is 15.1 Å². The lowest BCUT2D eigenvalue weighted by Crippen LogP contribution is -2.46. The van der Waals surface area contributed by atoms with Gasteiger partial charge in [-0.2, -0.15) is 0 Å². The number of hydrogen-bond donors (Lipinski definition) is 1. The first-order chi connectivity index (χ1) is 12.0. The molecule has 2 aliphatic rings. The van der Waals surface area contributed by atoms with Crippen molar-refractivity contribution in [3.63, 3.8) is 0 Å². The Hall–Kier alpha value is -2.37. The zero-order chi connectivity index (χ0) is 17.8. The van der Waals surface area contributed by atoms with E-state index in [9.17, 15) is 14.4 Å². The summed E-state index contributed by atoms with van der Waals surface area (Å²) in [6, 6.07) is 7.62. The first-order valence-corrected chi connectivity index (χ1v) is 8.94. The SMILES string of the molecule is Cc1ccc(CC(=O)N2CCCN(C(=O)C3CCC(=O)N3)CC2)cc1. The van der Waals surface area contributed by atoms with Gasteiger partial charge in [0.25, 0.3) is 0 Å². The van der Waals surface area contributed by atoms with Crippen molar-refractivity contribution >= 4 is 17.7 Å². The van der Waals surface area contributed by atoms with Crippen molar-refractivity contribution in [3.05, 3.63) is 35.4 Å². The molecule has 1 aromatic rings. The standard InChI is InChI=1S/C19H25N3O3/c1-14-3-5-15(6-4-14)13-18(24)21-9-2-10-22(12-11-21)19(25)16-7-8-17(23)20-16/h3-6,16H,2,7-13H2,1H3,(H,20,23). The van der Waals surface area contributed by atoms with Crippen LogP contribution in [0.1, 0.15) is 30.4 Å². The van der Waals surface area contributed by atoms with Crippen LogP contribution in [0.5, 0.6) is 0 Å². The maximum absolute atomic E-state index is 12.5. The summed E-state index contributed by atoms with van der Waals surface area (Å²) in [4.78, 5) is 40.0. The Morgan fingerprint density at radius 1 is 1.08 bits per heavy atom. The lowest BCUT2D eigenvalue weighted by atomic mass is 10.1. The van der Waals surface area contributed by atoms with Crippen LogP contribution < -0.4 is 5.32 Å². The molecule has 0 aliphatic carbocycles. The summed E-state index contributed by atoms with van der Waals surface area (Å²) in [5.74, 6) is 0.0362. The van der Waals surface area contributed by atoms with Crippen molar-refractivity contribution < 1.29 is 14.4 Å². The smallest absolute Gasteiger partial charge is 0.245 e. The van der Waals surface area contributed by atoms with Crippen molar-refractivity contribution in [3.8, 4) is 0 Å². The highest BCUT2D eigenvalue weighted by molar-refractivity contribution is 5.90. The van der Waals surface area contributed by atoms with Crippen LogP contribution in [0, 0.1) is 6.92 Å². The molecule has 0 spiro atoms. The van der Waals surface area contributed by atoms with E-state index in [1.807, 2.05) is 36.1 Å². The molecule has 2 fully saturated rings. The van der Waals surface area contributed by atoms with Gasteiger partial charge in [-0.05, 0) is 25.3 Å². The number of benzene rings is 1. The molecule has 0 radical (unpaired) electrons. The minimum absolute atomic E-state index is 0.0151. The molecule has 0 saturated carbocycles. The number of aryl methyl sites for hydroxylation is 1. The van der Waals surface area contributed by atoms with Gasteiger partial charge in [0.1, 0.15) is 6.04 Å². The molecule has 1 N–H and O–H groups in total. The number of carbonyl (C=O) groups excluding carboxylic acids is 3.